The fraction of sp³-hybridized carbons (Fsp3) is 0.0200. The summed E-state index contributed by atoms with van der Waals surface area (Å²) < 4.78 is 62.6. The molecular weight excluding hydrogens is 673 g/mol. The number of fused-ring (bicyclic) bond motifs is 7. The molecular formula is C50H32N4O. The fourth-order valence-electron chi connectivity index (χ4n) is 7.66. The Morgan fingerprint density at radius 1 is 0.527 bits per heavy atom. The Labute approximate surface area is 325 Å². The van der Waals surface area contributed by atoms with Crippen LogP contribution in [0.3, 0.4) is 0 Å². The van der Waals surface area contributed by atoms with Crippen molar-refractivity contribution in [3.8, 4) is 51.0 Å². The average Bonchev–Trinajstić information content (AvgIpc) is 3.85. The van der Waals surface area contributed by atoms with Gasteiger partial charge in [-0.25, -0.2) is 15.0 Å². The van der Waals surface area contributed by atoms with Gasteiger partial charge < -0.3 is 8.98 Å². The fourth-order valence-corrected chi connectivity index (χ4v) is 7.66. The number of hydrogen-bond acceptors (Lipinski definition) is 4. The van der Waals surface area contributed by atoms with Gasteiger partial charge in [0.2, 0.25) is 0 Å². The molecule has 0 spiro atoms. The zero-order valence-electron chi connectivity index (χ0n) is 35.3. The van der Waals surface area contributed by atoms with Gasteiger partial charge in [-0.15, -0.1) is 0 Å². The third-order valence-electron chi connectivity index (χ3n) is 10.2. The Morgan fingerprint density at radius 2 is 1.20 bits per heavy atom. The van der Waals surface area contributed by atoms with Crippen molar-refractivity contribution in [2.75, 3.05) is 0 Å². The van der Waals surface area contributed by atoms with Gasteiger partial charge in [0.05, 0.1) is 23.6 Å². The number of hydrogen-bond donors (Lipinski definition) is 0. The zero-order chi connectivity index (χ0) is 41.5. The van der Waals surface area contributed by atoms with Crippen molar-refractivity contribution in [1.82, 2.24) is 19.5 Å². The van der Waals surface area contributed by atoms with Crippen LogP contribution in [0.2, 0.25) is 0 Å². The molecule has 11 aromatic rings. The molecule has 0 aliphatic heterocycles. The van der Waals surface area contributed by atoms with E-state index in [1.54, 1.807) is 0 Å². The average molecular weight is 711 g/mol. The van der Waals surface area contributed by atoms with Gasteiger partial charge in [-0.05, 0) is 77.8 Å². The van der Waals surface area contributed by atoms with E-state index in [0.29, 0.717) is 39.9 Å². The molecule has 0 amide bonds. The van der Waals surface area contributed by atoms with Gasteiger partial charge in [0.1, 0.15) is 11.2 Å². The van der Waals surface area contributed by atoms with Crippen molar-refractivity contribution >= 4 is 54.5 Å². The minimum atomic E-state index is -0.389. The number of benzene rings is 8. The van der Waals surface area contributed by atoms with Crippen molar-refractivity contribution in [3.05, 3.63) is 181 Å². The summed E-state index contributed by atoms with van der Waals surface area (Å²) >= 11 is 0. The predicted molar refractivity (Wildman–Crippen MR) is 225 cm³/mol. The normalized spacial score (nSPS) is 13.2. The van der Waals surface area contributed by atoms with E-state index in [1.165, 1.54) is 6.07 Å². The highest BCUT2D eigenvalue weighted by atomic mass is 16.3. The highest BCUT2D eigenvalue weighted by Crippen LogP contribution is 2.43. The van der Waals surface area contributed by atoms with Crippen LogP contribution in [0.4, 0.5) is 0 Å². The maximum Gasteiger partial charge on any atom is 0.164 e. The minimum absolute atomic E-state index is 0.0470. The van der Waals surface area contributed by atoms with E-state index in [2.05, 4.69) is 41.0 Å². The molecule has 0 bridgehead atoms. The summed E-state index contributed by atoms with van der Waals surface area (Å²) in [7, 11) is 0. The molecule has 0 saturated heterocycles. The van der Waals surface area contributed by atoms with E-state index in [9.17, 15) is 2.74 Å². The lowest BCUT2D eigenvalue weighted by molar-refractivity contribution is 0.670. The molecule has 8 aromatic carbocycles. The lowest BCUT2D eigenvalue weighted by atomic mass is 9.96. The third kappa shape index (κ3) is 5.12. The molecule has 0 saturated carbocycles. The summed E-state index contributed by atoms with van der Waals surface area (Å²) in [6.07, 6.45) is 0. The highest BCUT2D eigenvalue weighted by molar-refractivity contribution is 6.15. The first kappa shape index (κ1) is 25.6. The van der Waals surface area contributed by atoms with E-state index in [-0.39, 0.29) is 64.6 Å². The monoisotopic (exact) mass is 710 g/mol. The Morgan fingerprint density at radius 3 is 1.95 bits per heavy atom. The van der Waals surface area contributed by atoms with Gasteiger partial charge >= 0.3 is 0 Å². The first-order valence-corrected chi connectivity index (χ1v) is 18.0. The molecule has 0 radical (unpaired) electrons. The molecule has 0 fully saturated rings. The van der Waals surface area contributed by atoms with Crippen LogP contribution in [-0.4, -0.2) is 19.5 Å². The van der Waals surface area contributed by atoms with E-state index in [1.807, 2.05) is 103 Å². The van der Waals surface area contributed by atoms with E-state index >= 15 is 0 Å². The van der Waals surface area contributed by atoms with Gasteiger partial charge in [-0.3, -0.25) is 0 Å². The highest BCUT2D eigenvalue weighted by Gasteiger charge is 2.22. The number of rotatable bonds is 5. The molecule has 0 atom stereocenters. The molecule has 3 heterocycles. The molecule has 5 nitrogen and oxygen atoms in total. The smallest absolute Gasteiger partial charge is 0.164 e. The van der Waals surface area contributed by atoms with Gasteiger partial charge in [-0.2, -0.15) is 0 Å². The van der Waals surface area contributed by atoms with Gasteiger partial charge in [0.15, 0.2) is 17.5 Å². The van der Waals surface area contributed by atoms with Crippen LogP contribution in [0.1, 0.15) is 13.8 Å². The molecule has 0 N–H and O–H groups in total. The van der Waals surface area contributed by atoms with Gasteiger partial charge in [0.25, 0.3) is 0 Å². The van der Waals surface area contributed by atoms with E-state index in [0.717, 1.165) is 43.7 Å². The maximum absolute atomic E-state index is 9.77. The Kier molecular flexibility index (Phi) is 5.75. The Hall–Kier alpha value is -7.37. The Balaban J connectivity index is 1.29. The second-order valence-electron chi connectivity index (χ2n) is 13.5. The zero-order valence-corrected chi connectivity index (χ0v) is 29.3. The van der Waals surface area contributed by atoms with Crippen LogP contribution in [0.15, 0.2) is 180 Å². The van der Waals surface area contributed by atoms with Crippen LogP contribution in [-0.2, 0) is 0 Å². The lowest BCUT2D eigenvalue weighted by Crippen LogP contribution is -2.02. The third-order valence-corrected chi connectivity index (χ3v) is 10.2. The number of aromatic nitrogens is 4. The number of para-hydroxylation sites is 2. The van der Waals surface area contributed by atoms with Crippen LogP contribution in [0, 0.1) is 6.90 Å². The van der Waals surface area contributed by atoms with Gasteiger partial charge in [0, 0.05) is 50.7 Å². The predicted octanol–water partition coefficient (Wildman–Crippen LogP) is 13.0. The summed E-state index contributed by atoms with van der Waals surface area (Å²) in [4.78, 5) is 15.0. The van der Waals surface area contributed by atoms with Crippen molar-refractivity contribution < 1.29 is 12.6 Å². The first-order chi connectivity index (χ1) is 29.8. The standard InChI is InChI=1S/C50H32N4O/c1-31-26-41-38-21-11-13-23-46(38)55-47(41)42(27-31)40-29-36(50-52-48(32-14-4-2-5-15-32)51-49(53-50)33-16-6-3-7-17-33)24-25-44(40)54-43-22-12-10-20-37(43)39-28-34-18-8-9-19-35(34)30-45(39)54/h2-30H,1H3/i1D,11D,21D,23D,26D,27D. The molecule has 11 rings (SSSR count). The molecule has 55 heavy (non-hydrogen) atoms. The molecule has 0 aliphatic rings. The minimum Gasteiger partial charge on any atom is -0.455 e. The second-order valence-corrected chi connectivity index (χ2v) is 13.5. The summed E-state index contributed by atoms with van der Waals surface area (Å²) in [5.74, 6) is 1.36. The summed E-state index contributed by atoms with van der Waals surface area (Å²) in [5.41, 5.74) is 5.91. The van der Waals surface area contributed by atoms with E-state index in [4.69, 9.17) is 24.9 Å². The second kappa shape index (κ2) is 12.4. The SMILES string of the molecule is [2H]Cc1c([2H])c(-c2cc(-c3nc(-c4ccccc4)nc(-c4ccccc4)n3)ccc2-n2c3ccccc3c3cc4ccccc4cc32)c2oc3c([2H])cc([2H])c([2H])c3c2c1[2H]. The number of nitrogens with zero attached hydrogens (tertiary/aromatic N) is 4. The van der Waals surface area contributed by atoms with Gasteiger partial charge in [-0.1, -0.05) is 121 Å². The summed E-state index contributed by atoms with van der Waals surface area (Å²) in [5, 5.41) is 4.56. The number of furan rings is 1. The Bertz CT molecular complexity index is 3530. The molecule has 0 aliphatic carbocycles. The quantitative estimate of drug-likeness (QED) is 0.178. The summed E-state index contributed by atoms with van der Waals surface area (Å²) in [6.45, 7) is -0.389. The molecule has 3 aromatic heterocycles. The van der Waals surface area contributed by atoms with Crippen molar-refractivity contribution in [2.45, 2.75) is 6.90 Å². The van der Waals surface area contributed by atoms with Crippen LogP contribution in [0.25, 0.3) is 105 Å². The van der Waals surface area contributed by atoms with Crippen molar-refractivity contribution in [1.29, 1.82) is 0 Å². The molecule has 5 heteroatoms. The van der Waals surface area contributed by atoms with Crippen LogP contribution < -0.4 is 0 Å². The van der Waals surface area contributed by atoms with Crippen LogP contribution in [0.5, 0.6) is 0 Å². The maximum atomic E-state index is 9.77. The van der Waals surface area contributed by atoms with Crippen molar-refractivity contribution in [2.24, 2.45) is 0 Å². The molecule has 0 unspecified atom stereocenters. The first-order valence-electron chi connectivity index (χ1n) is 21.2. The topological polar surface area (TPSA) is 56.7 Å². The van der Waals surface area contributed by atoms with E-state index < -0.39 is 0 Å². The lowest BCUT2D eigenvalue weighted by Gasteiger charge is -2.17. The van der Waals surface area contributed by atoms with Crippen LogP contribution >= 0.6 is 0 Å². The molecule has 258 valence electrons. The largest absolute Gasteiger partial charge is 0.455 e. The summed E-state index contributed by atoms with van der Waals surface area (Å²) in [6, 6.07) is 46.6. The van der Waals surface area contributed by atoms with Crippen molar-refractivity contribution in [3.63, 3.8) is 0 Å².